The molecule has 3 heteroatoms. The van der Waals surface area contributed by atoms with Crippen LogP contribution in [-0.2, 0) is 0 Å². The smallest absolute Gasteiger partial charge is 0.165 e. The fraction of sp³-hybridized carbons (Fsp3) is 0.0667. The molecule has 0 aromatic heterocycles. The number of hydrogen-bond donors (Lipinski definition) is 1. The van der Waals surface area contributed by atoms with Crippen molar-refractivity contribution in [1.82, 2.24) is 0 Å². The number of ether oxygens (including phenoxy) is 1. The first kappa shape index (κ1) is 12.2. The van der Waals surface area contributed by atoms with Crippen molar-refractivity contribution < 1.29 is 14.2 Å². The first-order valence-electron chi connectivity index (χ1n) is 5.42. The van der Waals surface area contributed by atoms with Gasteiger partial charge in [-0.15, -0.1) is 0 Å². The Labute approximate surface area is 105 Å². The van der Waals surface area contributed by atoms with Crippen LogP contribution in [-0.4, -0.2) is 11.7 Å². The summed E-state index contributed by atoms with van der Waals surface area (Å²) in [6.45, 7) is -0.230. The van der Waals surface area contributed by atoms with Crippen molar-refractivity contribution in [2.24, 2.45) is 0 Å². The summed E-state index contributed by atoms with van der Waals surface area (Å²) >= 11 is 0. The molecule has 0 unspecified atom stereocenters. The summed E-state index contributed by atoms with van der Waals surface area (Å²) in [7, 11) is 0. The standard InChI is InChI=1S/C15H11FO2/c16-14-9-8-12(5-4-10-17)11-15(14)18-13-6-2-1-3-7-13/h1-3,6-9,11,17H,10H2. The van der Waals surface area contributed by atoms with Crippen LogP contribution in [0, 0.1) is 17.7 Å². The van der Waals surface area contributed by atoms with Crippen LogP contribution in [0.1, 0.15) is 5.56 Å². The molecule has 2 nitrogen and oxygen atoms in total. The van der Waals surface area contributed by atoms with E-state index in [0.29, 0.717) is 11.3 Å². The van der Waals surface area contributed by atoms with Crippen LogP contribution in [0.2, 0.25) is 0 Å². The number of hydrogen-bond acceptors (Lipinski definition) is 2. The van der Waals surface area contributed by atoms with Gasteiger partial charge in [-0.3, -0.25) is 0 Å². The van der Waals surface area contributed by atoms with Gasteiger partial charge >= 0.3 is 0 Å². The van der Waals surface area contributed by atoms with Crippen LogP contribution in [0.25, 0.3) is 0 Å². The molecule has 90 valence electrons. The molecule has 0 amide bonds. The van der Waals surface area contributed by atoms with E-state index in [4.69, 9.17) is 9.84 Å². The first-order valence-corrected chi connectivity index (χ1v) is 5.42. The maximum atomic E-state index is 13.6. The number of aliphatic hydroxyl groups is 1. The topological polar surface area (TPSA) is 29.5 Å². The van der Waals surface area contributed by atoms with Gasteiger partial charge in [-0.2, -0.15) is 0 Å². The minimum atomic E-state index is -0.451. The summed E-state index contributed by atoms with van der Waals surface area (Å²) < 4.78 is 19.0. The van der Waals surface area contributed by atoms with Gasteiger partial charge in [0.25, 0.3) is 0 Å². The minimum Gasteiger partial charge on any atom is -0.454 e. The van der Waals surface area contributed by atoms with Crippen molar-refractivity contribution >= 4 is 0 Å². The zero-order valence-corrected chi connectivity index (χ0v) is 9.56. The van der Waals surface area contributed by atoms with Crippen LogP contribution < -0.4 is 4.74 Å². The van der Waals surface area contributed by atoms with Gasteiger partial charge < -0.3 is 9.84 Å². The third-order valence-electron chi connectivity index (χ3n) is 2.21. The summed E-state index contributed by atoms with van der Waals surface area (Å²) in [6.07, 6.45) is 0. The van der Waals surface area contributed by atoms with E-state index in [1.54, 1.807) is 12.1 Å². The number of para-hydroxylation sites is 1. The molecule has 0 spiro atoms. The van der Waals surface area contributed by atoms with Crippen molar-refractivity contribution in [3.63, 3.8) is 0 Å². The lowest BCUT2D eigenvalue weighted by atomic mass is 10.2. The highest BCUT2D eigenvalue weighted by Gasteiger charge is 2.05. The summed E-state index contributed by atoms with van der Waals surface area (Å²) in [4.78, 5) is 0. The van der Waals surface area contributed by atoms with Gasteiger partial charge in [0.15, 0.2) is 11.6 Å². The van der Waals surface area contributed by atoms with Gasteiger partial charge in [-0.25, -0.2) is 4.39 Å². The molecule has 0 atom stereocenters. The summed E-state index contributed by atoms with van der Waals surface area (Å²) in [5, 5.41) is 8.61. The van der Waals surface area contributed by atoms with Crippen LogP contribution in [0.3, 0.4) is 0 Å². The van der Waals surface area contributed by atoms with Crippen molar-refractivity contribution in [3.05, 3.63) is 59.9 Å². The monoisotopic (exact) mass is 242 g/mol. The Kier molecular flexibility index (Phi) is 3.95. The maximum Gasteiger partial charge on any atom is 0.165 e. The maximum absolute atomic E-state index is 13.6. The third-order valence-corrected chi connectivity index (χ3v) is 2.21. The van der Waals surface area contributed by atoms with Crippen LogP contribution in [0.5, 0.6) is 11.5 Å². The molecule has 0 bridgehead atoms. The van der Waals surface area contributed by atoms with E-state index in [2.05, 4.69) is 11.8 Å². The molecule has 1 N–H and O–H groups in total. The second kappa shape index (κ2) is 5.85. The zero-order chi connectivity index (χ0) is 12.8. The Hall–Kier alpha value is -2.31. The predicted molar refractivity (Wildman–Crippen MR) is 66.9 cm³/mol. The van der Waals surface area contributed by atoms with Crippen molar-refractivity contribution in [2.45, 2.75) is 0 Å². The van der Waals surface area contributed by atoms with E-state index in [-0.39, 0.29) is 12.4 Å². The molecular weight excluding hydrogens is 231 g/mol. The molecule has 0 aliphatic rings. The lowest BCUT2D eigenvalue weighted by Crippen LogP contribution is -1.89. The first-order chi connectivity index (χ1) is 8.79. The highest BCUT2D eigenvalue weighted by molar-refractivity contribution is 5.42. The summed E-state index contributed by atoms with van der Waals surface area (Å²) in [5.74, 6) is 5.43. The molecule has 0 heterocycles. The predicted octanol–water partition coefficient (Wildman–Crippen LogP) is 2.96. The molecular formula is C15H11FO2. The summed E-state index contributed by atoms with van der Waals surface area (Å²) in [5.41, 5.74) is 0.594. The van der Waals surface area contributed by atoms with Crippen LogP contribution in [0.15, 0.2) is 48.5 Å². The van der Waals surface area contributed by atoms with E-state index in [9.17, 15) is 4.39 Å². The Morgan fingerprint density at radius 1 is 1.11 bits per heavy atom. The van der Waals surface area contributed by atoms with E-state index < -0.39 is 5.82 Å². The highest BCUT2D eigenvalue weighted by Crippen LogP contribution is 2.24. The van der Waals surface area contributed by atoms with Gasteiger partial charge in [-0.1, -0.05) is 30.0 Å². The Morgan fingerprint density at radius 3 is 2.61 bits per heavy atom. The normalized spacial score (nSPS) is 9.44. The van der Waals surface area contributed by atoms with Crippen molar-refractivity contribution in [1.29, 1.82) is 0 Å². The van der Waals surface area contributed by atoms with E-state index in [0.717, 1.165) is 0 Å². The highest BCUT2D eigenvalue weighted by atomic mass is 19.1. The van der Waals surface area contributed by atoms with Gasteiger partial charge in [0, 0.05) is 5.56 Å². The van der Waals surface area contributed by atoms with Crippen molar-refractivity contribution in [3.8, 4) is 23.3 Å². The average Bonchev–Trinajstić information content (AvgIpc) is 2.41. The molecule has 0 saturated carbocycles. The van der Waals surface area contributed by atoms with Crippen LogP contribution >= 0.6 is 0 Å². The van der Waals surface area contributed by atoms with Gasteiger partial charge in [0.1, 0.15) is 12.4 Å². The Balaban J connectivity index is 2.27. The zero-order valence-electron chi connectivity index (χ0n) is 9.56. The third kappa shape index (κ3) is 3.09. The quantitative estimate of drug-likeness (QED) is 0.820. The average molecular weight is 242 g/mol. The second-order valence-corrected chi connectivity index (χ2v) is 3.52. The van der Waals surface area contributed by atoms with E-state index >= 15 is 0 Å². The molecule has 2 rings (SSSR count). The fourth-order valence-electron chi connectivity index (χ4n) is 1.42. The molecule has 0 fully saturated rings. The van der Waals surface area contributed by atoms with E-state index in [1.807, 2.05) is 18.2 Å². The molecule has 0 aliphatic carbocycles. The molecule has 18 heavy (non-hydrogen) atoms. The number of rotatable bonds is 2. The lowest BCUT2D eigenvalue weighted by molar-refractivity contribution is 0.350. The second-order valence-electron chi connectivity index (χ2n) is 3.52. The largest absolute Gasteiger partial charge is 0.454 e. The van der Waals surface area contributed by atoms with Gasteiger partial charge in [0.05, 0.1) is 0 Å². The lowest BCUT2D eigenvalue weighted by Gasteiger charge is -2.06. The molecule has 2 aromatic rings. The van der Waals surface area contributed by atoms with Gasteiger partial charge in [-0.05, 0) is 30.3 Å². The fourth-order valence-corrected chi connectivity index (χ4v) is 1.42. The molecule has 2 aromatic carbocycles. The number of aliphatic hydroxyl groups excluding tert-OH is 1. The Bertz CT molecular complexity index is 582. The Morgan fingerprint density at radius 2 is 1.89 bits per heavy atom. The number of benzene rings is 2. The SMILES string of the molecule is OCC#Cc1ccc(F)c(Oc2ccccc2)c1. The van der Waals surface area contributed by atoms with Crippen molar-refractivity contribution in [2.75, 3.05) is 6.61 Å². The van der Waals surface area contributed by atoms with Gasteiger partial charge in [0.2, 0.25) is 0 Å². The minimum absolute atomic E-state index is 0.117. The van der Waals surface area contributed by atoms with E-state index in [1.165, 1.54) is 18.2 Å². The van der Waals surface area contributed by atoms with Crippen LogP contribution in [0.4, 0.5) is 4.39 Å². The molecule has 0 aliphatic heterocycles. The summed E-state index contributed by atoms with van der Waals surface area (Å²) in [6, 6.07) is 13.3. The molecule has 0 saturated heterocycles. The number of halogens is 1. The molecule has 0 radical (unpaired) electrons.